The number of pyridine rings is 1. The molecule has 0 aliphatic carbocycles. The highest BCUT2D eigenvalue weighted by Crippen LogP contribution is 2.16. The molecule has 1 atom stereocenters. The van der Waals surface area contributed by atoms with Crippen LogP contribution in [-0.2, 0) is 0 Å². The Morgan fingerprint density at radius 3 is 2.94 bits per heavy atom. The van der Waals surface area contributed by atoms with Crippen molar-refractivity contribution >= 4 is 23.4 Å². The molecule has 1 rings (SSSR count). The summed E-state index contributed by atoms with van der Waals surface area (Å²) in [5.74, 6) is 5.10. The van der Waals surface area contributed by atoms with Crippen LogP contribution < -0.4 is 5.32 Å². The van der Waals surface area contributed by atoms with E-state index >= 15 is 0 Å². The molecular weight excluding hydrogens is 232 g/mol. The molecule has 16 heavy (non-hydrogen) atoms. The summed E-state index contributed by atoms with van der Waals surface area (Å²) in [5.41, 5.74) is 0.591. The van der Waals surface area contributed by atoms with Gasteiger partial charge in [0, 0.05) is 0 Å². The van der Waals surface area contributed by atoms with Crippen molar-refractivity contribution in [3.63, 3.8) is 0 Å². The van der Waals surface area contributed by atoms with Crippen LogP contribution in [-0.4, -0.2) is 27.4 Å². The fourth-order valence-electron chi connectivity index (χ4n) is 0.930. The standard InChI is InChI=1S/C10H9ClN2O3/c1-6(14)2-3-7-4-9(11)12-5-8(7)13-10(15)16/h4-6,13-14H,1H3,(H,15,16)/t6-/m1/s1. The Kier molecular flexibility index (Phi) is 4.11. The number of aromatic nitrogens is 1. The molecule has 0 unspecified atom stereocenters. The molecule has 0 fully saturated rings. The molecule has 0 radical (unpaired) electrons. The first-order valence-electron chi connectivity index (χ1n) is 4.34. The molecular formula is C10H9ClN2O3. The lowest BCUT2D eigenvalue weighted by molar-refractivity contribution is 0.209. The SMILES string of the molecule is C[C@@H](O)C#Cc1cc(Cl)ncc1NC(=O)O. The number of rotatable bonds is 1. The monoisotopic (exact) mass is 240 g/mol. The van der Waals surface area contributed by atoms with Crippen LogP contribution in [0.15, 0.2) is 12.3 Å². The van der Waals surface area contributed by atoms with Crippen LogP contribution in [0.25, 0.3) is 0 Å². The lowest BCUT2D eigenvalue weighted by Crippen LogP contribution is -2.09. The maximum atomic E-state index is 10.5. The Bertz CT molecular complexity index is 463. The first kappa shape index (κ1) is 12.3. The van der Waals surface area contributed by atoms with Crippen LogP contribution in [0, 0.1) is 11.8 Å². The third kappa shape index (κ3) is 3.77. The molecule has 5 nitrogen and oxygen atoms in total. The zero-order chi connectivity index (χ0) is 12.1. The number of nitrogens with one attached hydrogen (secondary N) is 1. The van der Waals surface area contributed by atoms with Crippen molar-refractivity contribution in [3.8, 4) is 11.8 Å². The number of amides is 1. The van der Waals surface area contributed by atoms with Gasteiger partial charge in [-0.25, -0.2) is 9.78 Å². The predicted octanol–water partition coefficient (Wildman–Crippen LogP) is 1.56. The topological polar surface area (TPSA) is 82.5 Å². The van der Waals surface area contributed by atoms with Crippen LogP contribution >= 0.6 is 11.6 Å². The van der Waals surface area contributed by atoms with Gasteiger partial charge in [-0.15, -0.1) is 0 Å². The van der Waals surface area contributed by atoms with Crippen LogP contribution in [0.5, 0.6) is 0 Å². The maximum absolute atomic E-state index is 10.5. The fraction of sp³-hybridized carbons (Fsp3) is 0.200. The quantitative estimate of drug-likeness (QED) is 0.514. The Hall–Kier alpha value is -1.77. The van der Waals surface area contributed by atoms with Crippen molar-refractivity contribution in [2.45, 2.75) is 13.0 Å². The normalized spacial score (nSPS) is 11.2. The molecule has 1 aromatic heterocycles. The van der Waals surface area contributed by atoms with Gasteiger partial charge in [-0.2, -0.15) is 0 Å². The lowest BCUT2D eigenvalue weighted by Gasteiger charge is -2.03. The van der Waals surface area contributed by atoms with Gasteiger partial charge in [0.25, 0.3) is 0 Å². The average Bonchev–Trinajstić information content (AvgIpc) is 2.17. The lowest BCUT2D eigenvalue weighted by atomic mass is 10.2. The first-order chi connectivity index (χ1) is 7.49. The molecule has 0 saturated heterocycles. The molecule has 0 saturated carbocycles. The molecule has 0 aliphatic rings. The summed E-state index contributed by atoms with van der Waals surface area (Å²) in [6.45, 7) is 1.50. The summed E-state index contributed by atoms with van der Waals surface area (Å²) in [4.78, 5) is 14.2. The summed E-state index contributed by atoms with van der Waals surface area (Å²) < 4.78 is 0. The number of nitrogens with zero attached hydrogens (tertiary/aromatic N) is 1. The number of hydrogen-bond acceptors (Lipinski definition) is 3. The largest absolute Gasteiger partial charge is 0.465 e. The molecule has 0 aliphatic heterocycles. The summed E-state index contributed by atoms with van der Waals surface area (Å²) in [6, 6.07) is 1.42. The van der Waals surface area contributed by atoms with Gasteiger partial charge in [0.1, 0.15) is 11.3 Å². The van der Waals surface area contributed by atoms with Crippen LogP contribution in [0.3, 0.4) is 0 Å². The zero-order valence-corrected chi connectivity index (χ0v) is 9.12. The molecule has 84 valence electrons. The van der Waals surface area contributed by atoms with Gasteiger partial charge in [-0.3, -0.25) is 5.32 Å². The average molecular weight is 241 g/mol. The molecule has 0 aromatic carbocycles. The van der Waals surface area contributed by atoms with E-state index in [0.717, 1.165) is 0 Å². The summed E-state index contributed by atoms with van der Waals surface area (Å²) in [7, 11) is 0. The van der Waals surface area contributed by atoms with E-state index in [1.165, 1.54) is 19.2 Å². The number of hydrogen-bond donors (Lipinski definition) is 3. The third-order valence-corrected chi connectivity index (χ3v) is 1.73. The van der Waals surface area contributed by atoms with E-state index in [1.54, 1.807) is 0 Å². The molecule has 1 aromatic rings. The maximum Gasteiger partial charge on any atom is 0.409 e. The van der Waals surface area contributed by atoms with E-state index in [0.29, 0.717) is 5.56 Å². The van der Waals surface area contributed by atoms with Crippen LogP contribution in [0.2, 0.25) is 5.15 Å². The number of carboxylic acid groups (broad SMARTS) is 1. The number of aliphatic hydroxyl groups excluding tert-OH is 1. The zero-order valence-electron chi connectivity index (χ0n) is 8.36. The Labute approximate surface area is 97.1 Å². The van der Waals surface area contributed by atoms with Gasteiger partial charge < -0.3 is 10.2 Å². The van der Waals surface area contributed by atoms with Crippen molar-refractivity contribution in [2.75, 3.05) is 5.32 Å². The smallest absolute Gasteiger partial charge is 0.409 e. The fourth-order valence-corrected chi connectivity index (χ4v) is 1.09. The van der Waals surface area contributed by atoms with Gasteiger partial charge in [0.15, 0.2) is 0 Å². The van der Waals surface area contributed by atoms with Crippen molar-refractivity contribution < 1.29 is 15.0 Å². The Balaban J connectivity index is 3.09. The van der Waals surface area contributed by atoms with Gasteiger partial charge in [-0.1, -0.05) is 23.4 Å². The van der Waals surface area contributed by atoms with Gasteiger partial charge in [0.2, 0.25) is 0 Å². The van der Waals surface area contributed by atoms with E-state index in [1.807, 2.05) is 0 Å². The number of halogens is 1. The second-order valence-electron chi connectivity index (χ2n) is 2.93. The highest BCUT2D eigenvalue weighted by Gasteiger charge is 2.05. The predicted molar refractivity (Wildman–Crippen MR) is 59.5 cm³/mol. The molecule has 1 amide bonds. The Morgan fingerprint density at radius 2 is 2.38 bits per heavy atom. The van der Waals surface area contributed by atoms with E-state index in [-0.39, 0.29) is 10.8 Å². The van der Waals surface area contributed by atoms with Crippen LogP contribution in [0.1, 0.15) is 12.5 Å². The van der Waals surface area contributed by atoms with E-state index in [4.69, 9.17) is 21.8 Å². The molecule has 3 N–H and O–H groups in total. The minimum atomic E-state index is -1.22. The van der Waals surface area contributed by atoms with Crippen molar-refractivity contribution in [2.24, 2.45) is 0 Å². The van der Waals surface area contributed by atoms with Gasteiger partial charge in [0.05, 0.1) is 17.4 Å². The third-order valence-electron chi connectivity index (χ3n) is 1.53. The summed E-state index contributed by atoms with van der Waals surface area (Å²) in [5, 5.41) is 19.9. The van der Waals surface area contributed by atoms with Gasteiger partial charge >= 0.3 is 6.09 Å². The highest BCUT2D eigenvalue weighted by molar-refractivity contribution is 6.29. The highest BCUT2D eigenvalue weighted by atomic mass is 35.5. The molecule has 6 heteroatoms. The van der Waals surface area contributed by atoms with Crippen molar-refractivity contribution in [1.82, 2.24) is 4.98 Å². The minimum Gasteiger partial charge on any atom is -0.465 e. The van der Waals surface area contributed by atoms with Crippen molar-refractivity contribution in [3.05, 3.63) is 23.0 Å². The summed E-state index contributed by atoms with van der Waals surface area (Å²) >= 11 is 5.65. The molecule has 0 spiro atoms. The summed E-state index contributed by atoms with van der Waals surface area (Å²) in [6.07, 6.45) is -0.753. The van der Waals surface area contributed by atoms with E-state index in [2.05, 4.69) is 22.1 Å². The van der Waals surface area contributed by atoms with Crippen molar-refractivity contribution in [1.29, 1.82) is 0 Å². The van der Waals surface area contributed by atoms with Gasteiger partial charge in [-0.05, 0) is 13.0 Å². The first-order valence-corrected chi connectivity index (χ1v) is 4.72. The van der Waals surface area contributed by atoms with E-state index in [9.17, 15) is 4.79 Å². The van der Waals surface area contributed by atoms with E-state index < -0.39 is 12.2 Å². The Morgan fingerprint density at radius 1 is 1.69 bits per heavy atom. The number of carbonyl (C=O) groups is 1. The molecule has 0 bridgehead atoms. The molecule has 1 heterocycles. The van der Waals surface area contributed by atoms with Crippen LogP contribution in [0.4, 0.5) is 10.5 Å². The number of anilines is 1. The second-order valence-corrected chi connectivity index (χ2v) is 3.32. The minimum absolute atomic E-state index is 0.200. The second kappa shape index (κ2) is 5.35. The number of aliphatic hydroxyl groups is 1.